The highest BCUT2D eigenvalue weighted by atomic mass is 79.9. The number of esters is 1. The summed E-state index contributed by atoms with van der Waals surface area (Å²) in [7, 11) is 2.89. The van der Waals surface area contributed by atoms with Crippen LogP contribution >= 0.6 is 15.9 Å². The van der Waals surface area contributed by atoms with Crippen molar-refractivity contribution in [3.63, 3.8) is 0 Å². The van der Waals surface area contributed by atoms with Crippen molar-refractivity contribution in [2.24, 2.45) is 5.10 Å². The first kappa shape index (κ1) is 33.8. The molecule has 0 aliphatic carbocycles. The van der Waals surface area contributed by atoms with Crippen molar-refractivity contribution in [1.82, 2.24) is 16.1 Å². The SMILES string of the molecule is CCOC(=O)C1=C(C)NC(=O)N[C@@H]1c1ccc(OCC(=O)N/N=C/c2cc(Br)cc(OC)c2OCc2ccccc2F)c(OC)c1. The molecule has 0 bridgehead atoms. The van der Waals surface area contributed by atoms with Crippen LogP contribution in [0.4, 0.5) is 9.18 Å². The van der Waals surface area contributed by atoms with Crippen LogP contribution < -0.4 is 35.0 Å². The summed E-state index contributed by atoms with van der Waals surface area (Å²) < 4.78 is 42.4. The summed E-state index contributed by atoms with van der Waals surface area (Å²) in [5, 5.41) is 9.32. The highest BCUT2D eigenvalue weighted by molar-refractivity contribution is 9.10. The van der Waals surface area contributed by atoms with Crippen LogP contribution in [0.2, 0.25) is 0 Å². The Morgan fingerprint density at radius 3 is 2.52 bits per heavy atom. The van der Waals surface area contributed by atoms with Crippen molar-refractivity contribution >= 4 is 40.1 Å². The van der Waals surface area contributed by atoms with Crippen molar-refractivity contribution < 1.29 is 42.5 Å². The third-order valence-electron chi connectivity index (χ3n) is 6.64. The molecule has 3 aromatic carbocycles. The van der Waals surface area contributed by atoms with E-state index in [-0.39, 0.29) is 30.3 Å². The molecule has 0 radical (unpaired) electrons. The maximum Gasteiger partial charge on any atom is 0.338 e. The second-order valence-corrected chi connectivity index (χ2v) is 10.6. The van der Waals surface area contributed by atoms with Gasteiger partial charge in [-0.3, -0.25) is 4.79 Å². The van der Waals surface area contributed by atoms with E-state index >= 15 is 0 Å². The molecule has 1 atom stereocenters. The van der Waals surface area contributed by atoms with Crippen LogP contribution in [-0.4, -0.2) is 51.6 Å². The van der Waals surface area contributed by atoms with Gasteiger partial charge in [-0.25, -0.2) is 19.4 Å². The molecule has 12 nitrogen and oxygen atoms in total. The number of allylic oxidation sites excluding steroid dienone is 1. The van der Waals surface area contributed by atoms with E-state index in [4.69, 9.17) is 23.7 Å². The summed E-state index contributed by atoms with van der Waals surface area (Å²) in [6.07, 6.45) is 1.36. The number of urea groups is 1. The van der Waals surface area contributed by atoms with Gasteiger partial charge in [-0.2, -0.15) is 5.10 Å². The summed E-state index contributed by atoms with van der Waals surface area (Å²) in [6, 6.07) is 13.2. The van der Waals surface area contributed by atoms with E-state index in [1.165, 1.54) is 26.5 Å². The summed E-state index contributed by atoms with van der Waals surface area (Å²) in [4.78, 5) is 37.4. The first-order valence-electron chi connectivity index (χ1n) is 14.0. The fourth-order valence-electron chi connectivity index (χ4n) is 4.51. The van der Waals surface area contributed by atoms with Gasteiger partial charge < -0.3 is 34.3 Å². The zero-order chi connectivity index (χ0) is 33.2. The molecule has 14 heteroatoms. The quantitative estimate of drug-likeness (QED) is 0.130. The third kappa shape index (κ3) is 8.33. The van der Waals surface area contributed by atoms with Gasteiger partial charge in [0.25, 0.3) is 5.91 Å². The average Bonchev–Trinajstić information content (AvgIpc) is 3.03. The Balaban J connectivity index is 1.43. The Morgan fingerprint density at radius 1 is 1.04 bits per heavy atom. The van der Waals surface area contributed by atoms with Crippen LogP contribution in [-0.2, 0) is 20.9 Å². The van der Waals surface area contributed by atoms with Gasteiger partial charge >= 0.3 is 12.0 Å². The molecule has 46 heavy (non-hydrogen) atoms. The number of hydrogen-bond acceptors (Lipinski definition) is 9. The number of halogens is 2. The maximum atomic E-state index is 14.1. The minimum absolute atomic E-state index is 0.0592. The molecule has 0 fully saturated rings. The molecule has 1 aliphatic heterocycles. The number of rotatable bonds is 13. The maximum absolute atomic E-state index is 14.1. The van der Waals surface area contributed by atoms with Crippen molar-refractivity contribution in [2.45, 2.75) is 26.5 Å². The predicted octanol–water partition coefficient (Wildman–Crippen LogP) is 4.90. The number of hydrazone groups is 1. The number of nitrogens with one attached hydrogen (secondary N) is 3. The van der Waals surface area contributed by atoms with E-state index in [1.54, 1.807) is 62.4 Å². The third-order valence-corrected chi connectivity index (χ3v) is 7.09. The lowest BCUT2D eigenvalue weighted by Crippen LogP contribution is -2.45. The molecule has 3 amide bonds. The Kier molecular flexibility index (Phi) is 11.6. The molecule has 4 rings (SSSR count). The van der Waals surface area contributed by atoms with Gasteiger partial charge in [0.15, 0.2) is 29.6 Å². The molecule has 3 N–H and O–H groups in total. The van der Waals surface area contributed by atoms with Gasteiger partial charge in [-0.05, 0) is 49.7 Å². The van der Waals surface area contributed by atoms with Crippen molar-refractivity contribution in [1.29, 1.82) is 0 Å². The standard InChI is InChI=1S/C32H32BrFN4O8/c1-5-44-31(40)28-18(2)36-32(41)37-29(28)19-10-11-24(25(13-19)42-3)45-17-27(39)38-35-15-21-12-22(33)14-26(43-4)30(21)46-16-20-8-6-7-9-23(20)34/h6-15,29H,5,16-17H2,1-4H3,(H,38,39)(H2,36,37,41)/b35-15+/t29-/m1/s1. The molecule has 0 spiro atoms. The monoisotopic (exact) mass is 698 g/mol. The molecule has 0 saturated heterocycles. The van der Waals surface area contributed by atoms with E-state index < -0.39 is 36.4 Å². The minimum Gasteiger partial charge on any atom is -0.493 e. The smallest absolute Gasteiger partial charge is 0.338 e. The normalized spacial score (nSPS) is 14.3. The number of amides is 3. The van der Waals surface area contributed by atoms with E-state index in [2.05, 4.69) is 37.1 Å². The van der Waals surface area contributed by atoms with Crippen LogP contribution in [0.15, 0.2) is 75.4 Å². The second-order valence-electron chi connectivity index (χ2n) is 9.69. The Morgan fingerprint density at radius 2 is 1.80 bits per heavy atom. The average molecular weight is 700 g/mol. The van der Waals surface area contributed by atoms with Gasteiger partial charge in [-0.1, -0.05) is 40.2 Å². The lowest BCUT2D eigenvalue weighted by Gasteiger charge is -2.28. The fourth-order valence-corrected chi connectivity index (χ4v) is 4.97. The Bertz CT molecular complexity index is 1680. The van der Waals surface area contributed by atoms with Gasteiger partial charge in [0.05, 0.1) is 38.7 Å². The van der Waals surface area contributed by atoms with Crippen LogP contribution in [0.5, 0.6) is 23.0 Å². The number of benzene rings is 3. The highest BCUT2D eigenvalue weighted by Crippen LogP contribution is 2.36. The second kappa shape index (κ2) is 15.8. The van der Waals surface area contributed by atoms with E-state index in [1.807, 2.05) is 0 Å². The van der Waals surface area contributed by atoms with Gasteiger partial charge in [0.1, 0.15) is 12.4 Å². The topological polar surface area (TPSA) is 146 Å². The van der Waals surface area contributed by atoms with Crippen LogP contribution in [0.25, 0.3) is 0 Å². The van der Waals surface area contributed by atoms with Crippen molar-refractivity contribution in [2.75, 3.05) is 27.4 Å². The lowest BCUT2D eigenvalue weighted by atomic mass is 9.95. The molecule has 1 aliphatic rings. The zero-order valence-corrected chi connectivity index (χ0v) is 27.0. The fraction of sp³-hybridized carbons (Fsp3) is 0.250. The van der Waals surface area contributed by atoms with Crippen LogP contribution in [0.3, 0.4) is 0 Å². The van der Waals surface area contributed by atoms with E-state index in [0.717, 1.165) is 0 Å². The first-order chi connectivity index (χ1) is 22.1. The zero-order valence-electron chi connectivity index (χ0n) is 25.4. The van der Waals surface area contributed by atoms with Crippen LogP contribution in [0, 0.1) is 5.82 Å². The number of nitrogens with zero attached hydrogens (tertiary/aromatic N) is 1. The number of ether oxygens (including phenoxy) is 5. The van der Waals surface area contributed by atoms with Gasteiger partial charge in [0, 0.05) is 21.3 Å². The van der Waals surface area contributed by atoms with E-state index in [0.29, 0.717) is 38.4 Å². The highest BCUT2D eigenvalue weighted by Gasteiger charge is 2.32. The molecular weight excluding hydrogens is 667 g/mol. The molecule has 242 valence electrons. The number of carbonyl (C=O) groups excluding carboxylic acids is 3. The molecule has 3 aromatic rings. The summed E-state index contributed by atoms with van der Waals surface area (Å²) >= 11 is 3.41. The molecular formula is C32H32BrFN4O8. The Hall–Kier alpha value is -5.11. The number of methoxy groups -OCH3 is 2. The van der Waals surface area contributed by atoms with E-state index in [9.17, 15) is 18.8 Å². The molecule has 1 heterocycles. The summed E-state index contributed by atoms with van der Waals surface area (Å²) in [5.74, 6) is -0.370. The Labute approximate surface area is 273 Å². The molecule has 0 saturated carbocycles. The van der Waals surface area contributed by atoms with Gasteiger partial charge in [0.2, 0.25) is 0 Å². The summed E-state index contributed by atoms with van der Waals surface area (Å²) in [5.41, 5.74) is 4.36. The first-order valence-corrected chi connectivity index (χ1v) is 14.8. The number of hydrogen-bond donors (Lipinski definition) is 3. The van der Waals surface area contributed by atoms with Crippen molar-refractivity contribution in [3.8, 4) is 23.0 Å². The number of carbonyl (C=O) groups is 3. The predicted molar refractivity (Wildman–Crippen MR) is 169 cm³/mol. The summed E-state index contributed by atoms with van der Waals surface area (Å²) in [6.45, 7) is 2.99. The lowest BCUT2D eigenvalue weighted by molar-refractivity contribution is -0.139. The molecule has 0 aromatic heterocycles. The van der Waals surface area contributed by atoms with Gasteiger partial charge in [-0.15, -0.1) is 0 Å². The van der Waals surface area contributed by atoms with Crippen molar-refractivity contribution in [3.05, 3.63) is 92.8 Å². The van der Waals surface area contributed by atoms with Crippen LogP contribution in [0.1, 0.15) is 36.6 Å². The minimum atomic E-state index is -0.800. The largest absolute Gasteiger partial charge is 0.493 e. The molecule has 0 unspecified atom stereocenters.